The third-order valence-corrected chi connectivity index (χ3v) is 11.3. The maximum Gasteiger partial charge on any atom is 0.134 e. The Hall–Kier alpha value is -5.60. The zero-order chi connectivity index (χ0) is 33.3. The molecule has 9 rings (SSSR count). The number of rotatable bonds is 6. The van der Waals surface area contributed by atoms with Gasteiger partial charge in [-0.1, -0.05) is 135 Å². The largest absolute Gasteiger partial charge is 0.495 e. The highest BCUT2D eigenvalue weighted by Gasteiger charge is 2.41. The van der Waals surface area contributed by atoms with Crippen molar-refractivity contribution in [1.29, 1.82) is 0 Å². The first-order valence-electron chi connectivity index (χ1n) is 17.4. The highest BCUT2D eigenvalue weighted by Crippen LogP contribution is 2.56. The molecule has 0 atom stereocenters. The Kier molecular flexibility index (Phi) is 6.78. The summed E-state index contributed by atoms with van der Waals surface area (Å²) in [5.74, 6) is 1.87. The summed E-state index contributed by atoms with van der Waals surface area (Å²) in [6.07, 6.45) is 2.04. The van der Waals surface area contributed by atoms with E-state index in [1.165, 1.54) is 66.1 Å². The summed E-state index contributed by atoms with van der Waals surface area (Å²) in [6.45, 7) is 4.72. The van der Waals surface area contributed by atoms with Crippen molar-refractivity contribution in [3.8, 4) is 44.9 Å². The van der Waals surface area contributed by atoms with E-state index in [1.807, 2.05) is 0 Å². The van der Waals surface area contributed by atoms with Gasteiger partial charge in [0.2, 0.25) is 0 Å². The van der Waals surface area contributed by atoms with Crippen LogP contribution in [0.1, 0.15) is 37.8 Å². The number of fused-ring (bicyclic) bond motifs is 7. The van der Waals surface area contributed by atoms with Crippen LogP contribution in [-0.2, 0) is 5.41 Å². The predicted octanol–water partition coefficient (Wildman–Crippen LogP) is 12.7. The van der Waals surface area contributed by atoms with E-state index in [1.54, 1.807) is 14.2 Å². The molecule has 0 fully saturated rings. The highest BCUT2D eigenvalue weighted by atomic mass is 16.5. The van der Waals surface area contributed by atoms with Crippen LogP contribution >= 0.6 is 0 Å². The first-order chi connectivity index (χ1) is 24.1. The minimum absolute atomic E-state index is 0.104. The molecule has 238 valence electrons. The van der Waals surface area contributed by atoms with Gasteiger partial charge in [0.25, 0.3) is 0 Å². The zero-order valence-corrected chi connectivity index (χ0v) is 28.4. The molecule has 0 amide bonds. The van der Waals surface area contributed by atoms with Gasteiger partial charge in [0.1, 0.15) is 11.5 Å². The first kappa shape index (κ1) is 29.5. The molecule has 2 heteroatoms. The van der Waals surface area contributed by atoms with Crippen molar-refractivity contribution < 1.29 is 9.47 Å². The monoisotopic (exact) mass is 634 g/mol. The molecular formula is C47H38O2. The van der Waals surface area contributed by atoms with Crippen molar-refractivity contribution in [3.05, 3.63) is 145 Å². The van der Waals surface area contributed by atoms with Gasteiger partial charge in [0.15, 0.2) is 0 Å². The molecule has 0 unspecified atom stereocenters. The van der Waals surface area contributed by atoms with E-state index >= 15 is 0 Å². The maximum atomic E-state index is 6.02. The third kappa shape index (κ3) is 4.07. The number of hydrogen-bond acceptors (Lipinski definition) is 2. The van der Waals surface area contributed by atoms with Crippen LogP contribution in [0.5, 0.6) is 11.5 Å². The van der Waals surface area contributed by atoms with Gasteiger partial charge in [0.05, 0.1) is 14.2 Å². The summed E-state index contributed by atoms with van der Waals surface area (Å²) in [4.78, 5) is 0. The second-order valence-electron chi connectivity index (χ2n) is 13.3. The average molecular weight is 635 g/mol. The molecule has 49 heavy (non-hydrogen) atoms. The van der Waals surface area contributed by atoms with Crippen LogP contribution < -0.4 is 9.47 Å². The fraction of sp³-hybridized carbons (Fsp3) is 0.149. The predicted molar refractivity (Wildman–Crippen MR) is 207 cm³/mol. The fourth-order valence-electron chi connectivity index (χ4n) is 9.06. The van der Waals surface area contributed by atoms with Crippen LogP contribution in [0.15, 0.2) is 133 Å². The molecule has 8 aromatic carbocycles. The standard InChI is InChI=1S/C47H38O2/c1-5-47(6-2)41-27-29(43-33-15-7-11-19-37(33)45(48-3)38-20-12-8-16-34(38)43)23-25-31(41)32-26-24-30(28-42(32)47)44-35-17-9-13-21-39(35)46(49-4)40-22-14-10-18-36(40)44/h7-28H,5-6H2,1-4H3. The minimum Gasteiger partial charge on any atom is -0.495 e. The zero-order valence-electron chi connectivity index (χ0n) is 28.4. The van der Waals surface area contributed by atoms with Crippen molar-refractivity contribution in [1.82, 2.24) is 0 Å². The van der Waals surface area contributed by atoms with Gasteiger partial charge in [-0.25, -0.2) is 0 Å². The van der Waals surface area contributed by atoms with Crippen molar-refractivity contribution >= 4 is 43.1 Å². The topological polar surface area (TPSA) is 18.5 Å². The molecule has 0 aliphatic heterocycles. The summed E-state index contributed by atoms with van der Waals surface area (Å²) in [5, 5.41) is 9.43. The minimum atomic E-state index is -0.104. The summed E-state index contributed by atoms with van der Waals surface area (Å²) < 4.78 is 12.0. The van der Waals surface area contributed by atoms with E-state index in [9.17, 15) is 0 Å². The van der Waals surface area contributed by atoms with E-state index in [0.717, 1.165) is 45.9 Å². The fourth-order valence-corrected chi connectivity index (χ4v) is 9.06. The Morgan fingerprint density at radius 1 is 0.408 bits per heavy atom. The lowest BCUT2D eigenvalue weighted by atomic mass is 9.72. The van der Waals surface area contributed by atoms with Gasteiger partial charge >= 0.3 is 0 Å². The summed E-state index contributed by atoms with van der Waals surface area (Å²) in [5.41, 5.74) is 10.5. The number of hydrogen-bond donors (Lipinski definition) is 0. The Balaban J connectivity index is 1.29. The smallest absolute Gasteiger partial charge is 0.134 e. The maximum absolute atomic E-state index is 6.02. The SMILES string of the molecule is CCC1(CC)c2cc(-c3c4ccccc4c(OC)c4ccccc34)ccc2-c2ccc(-c3c4ccccc4c(OC)c4ccccc34)cc21. The summed E-state index contributed by atoms with van der Waals surface area (Å²) in [7, 11) is 3.56. The molecule has 8 aromatic rings. The van der Waals surface area contributed by atoms with Crippen molar-refractivity contribution in [2.24, 2.45) is 0 Å². The molecule has 0 saturated carbocycles. The van der Waals surface area contributed by atoms with Crippen LogP contribution in [0.2, 0.25) is 0 Å². The van der Waals surface area contributed by atoms with Crippen LogP contribution in [-0.4, -0.2) is 14.2 Å². The molecule has 1 aliphatic carbocycles. The lowest BCUT2D eigenvalue weighted by Gasteiger charge is -2.30. The lowest BCUT2D eigenvalue weighted by molar-refractivity contribution is 0.424. The van der Waals surface area contributed by atoms with Gasteiger partial charge in [-0.3, -0.25) is 0 Å². The Bertz CT molecular complexity index is 2310. The quantitative estimate of drug-likeness (QED) is 0.169. The highest BCUT2D eigenvalue weighted by molar-refractivity contribution is 6.18. The van der Waals surface area contributed by atoms with Gasteiger partial charge < -0.3 is 9.47 Å². The van der Waals surface area contributed by atoms with Gasteiger partial charge in [0, 0.05) is 27.0 Å². The Labute approximate surface area is 287 Å². The van der Waals surface area contributed by atoms with E-state index < -0.39 is 0 Å². The lowest BCUT2D eigenvalue weighted by Crippen LogP contribution is -2.23. The van der Waals surface area contributed by atoms with E-state index in [4.69, 9.17) is 9.47 Å². The Morgan fingerprint density at radius 2 is 0.714 bits per heavy atom. The van der Waals surface area contributed by atoms with Gasteiger partial charge in [-0.2, -0.15) is 0 Å². The molecule has 0 bridgehead atoms. The number of benzene rings is 8. The van der Waals surface area contributed by atoms with Crippen LogP contribution in [0.3, 0.4) is 0 Å². The number of methoxy groups -OCH3 is 2. The Morgan fingerprint density at radius 3 is 1.00 bits per heavy atom. The molecule has 0 N–H and O–H groups in total. The normalized spacial score (nSPS) is 13.2. The van der Waals surface area contributed by atoms with Gasteiger partial charge in [-0.05, 0) is 91.0 Å². The van der Waals surface area contributed by atoms with Crippen LogP contribution in [0.25, 0.3) is 76.5 Å². The van der Waals surface area contributed by atoms with E-state index in [2.05, 4.69) is 147 Å². The molecule has 0 heterocycles. The van der Waals surface area contributed by atoms with Crippen molar-refractivity contribution in [3.63, 3.8) is 0 Å². The summed E-state index contributed by atoms with van der Waals surface area (Å²) >= 11 is 0. The van der Waals surface area contributed by atoms with E-state index in [0.29, 0.717) is 0 Å². The second-order valence-corrected chi connectivity index (χ2v) is 13.3. The van der Waals surface area contributed by atoms with Crippen molar-refractivity contribution in [2.75, 3.05) is 14.2 Å². The van der Waals surface area contributed by atoms with E-state index in [-0.39, 0.29) is 5.41 Å². The van der Waals surface area contributed by atoms with Gasteiger partial charge in [-0.15, -0.1) is 0 Å². The molecule has 0 saturated heterocycles. The molecule has 0 radical (unpaired) electrons. The second kappa shape index (κ2) is 11.2. The van der Waals surface area contributed by atoms with Crippen LogP contribution in [0.4, 0.5) is 0 Å². The average Bonchev–Trinajstić information content (AvgIpc) is 3.44. The first-order valence-corrected chi connectivity index (χ1v) is 17.4. The summed E-state index contributed by atoms with van der Waals surface area (Å²) in [6, 6.07) is 49.1. The van der Waals surface area contributed by atoms with Crippen molar-refractivity contribution in [2.45, 2.75) is 32.1 Å². The van der Waals surface area contributed by atoms with Crippen LogP contribution in [0, 0.1) is 0 Å². The molecule has 1 aliphatic rings. The molecule has 0 aromatic heterocycles. The molecule has 2 nitrogen and oxygen atoms in total. The number of ether oxygens (including phenoxy) is 2. The molecular weight excluding hydrogens is 597 g/mol. The third-order valence-electron chi connectivity index (χ3n) is 11.3. The molecule has 0 spiro atoms.